The van der Waals surface area contributed by atoms with E-state index in [0.29, 0.717) is 0 Å². The molecule has 2 N–H and O–H groups in total. The lowest BCUT2D eigenvalue weighted by molar-refractivity contribution is 0.255. The molecule has 3 heteroatoms. The molecule has 1 aromatic rings. The molecule has 0 aliphatic rings. The van der Waals surface area contributed by atoms with Gasteiger partial charge >= 0.3 is 0 Å². The second kappa shape index (κ2) is 10.4. The van der Waals surface area contributed by atoms with Crippen molar-refractivity contribution in [2.45, 2.75) is 52.0 Å². The van der Waals surface area contributed by atoms with Crippen molar-refractivity contribution in [2.24, 2.45) is 5.73 Å². The molecule has 0 spiro atoms. The minimum Gasteiger partial charge on any atom is -0.324 e. The summed E-state index contributed by atoms with van der Waals surface area (Å²) in [7, 11) is 0. The number of hydrogen-bond donors (Lipinski definition) is 1. The van der Waals surface area contributed by atoms with Crippen LogP contribution in [0.25, 0.3) is 0 Å². The smallest absolute Gasteiger partial charge is 0.0318 e. The van der Waals surface area contributed by atoms with Crippen molar-refractivity contribution in [1.29, 1.82) is 0 Å². The summed E-state index contributed by atoms with van der Waals surface area (Å²) in [6.07, 6.45) is 6.12. The van der Waals surface area contributed by atoms with Crippen LogP contribution in [-0.4, -0.2) is 24.5 Å². The van der Waals surface area contributed by atoms with Crippen LogP contribution in [0.3, 0.4) is 0 Å². The minimum atomic E-state index is 0.122. The molecule has 0 bridgehead atoms. The number of nitrogens with two attached hydrogens (primary N) is 1. The fraction of sp³-hybridized carbons (Fsp3) is 0.647. The second-order valence-corrected chi connectivity index (χ2v) is 6.32. The Morgan fingerprint density at radius 3 is 2.20 bits per heavy atom. The van der Waals surface area contributed by atoms with E-state index in [1.165, 1.54) is 44.3 Å². The Kier molecular flexibility index (Phi) is 9.16. The van der Waals surface area contributed by atoms with Crippen molar-refractivity contribution in [3.05, 3.63) is 34.3 Å². The molecule has 1 aromatic carbocycles. The normalized spacial score (nSPS) is 12.8. The number of nitrogens with zero attached hydrogens (tertiary/aromatic N) is 1. The number of hydrogen-bond acceptors (Lipinski definition) is 2. The van der Waals surface area contributed by atoms with Crippen molar-refractivity contribution in [3.63, 3.8) is 0 Å². The van der Waals surface area contributed by atoms with Gasteiger partial charge in [0.15, 0.2) is 0 Å². The number of unbranched alkanes of at least 4 members (excludes halogenated alkanes) is 2. The molecule has 0 fully saturated rings. The summed E-state index contributed by atoms with van der Waals surface area (Å²) in [6, 6.07) is 8.41. The van der Waals surface area contributed by atoms with Crippen LogP contribution in [0, 0.1) is 0 Å². The number of rotatable bonds is 10. The van der Waals surface area contributed by atoms with E-state index in [1.54, 1.807) is 0 Å². The SMILES string of the molecule is CCCCN(CCCC)CCC(N)c1ccccc1Br. The Balaban J connectivity index is 2.46. The van der Waals surface area contributed by atoms with Crippen LogP contribution < -0.4 is 5.73 Å². The summed E-state index contributed by atoms with van der Waals surface area (Å²) in [5.74, 6) is 0. The quantitative estimate of drug-likeness (QED) is 0.666. The van der Waals surface area contributed by atoms with Crippen LogP contribution >= 0.6 is 15.9 Å². The van der Waals surface area contributed by atoms with Gasteiger partial charge in [-0.1, -0.05) is 60.8 Å². The average Bonchev–Trinajstić information content (AvgIpc) is 2.46. The molecule has 0 saturated carbocycles. The van der Waals surface area contributed by atoms with Gasteiger partial charge in [-0.3, -0.25) is 0 Å². The Labute approximate surface area is 132 Å². The first kappa shape index (κ1) is 17.7. The largest absolute Gasteiger partial charge is 0.324 e. The van der Waals surface area contributed by atoms with E-state index in [0.717, 1.165) is 17.4 Å². The van der Waals surface area contributed by atoms with Crippen LogP contribution in [0.4, 0.5) is 0 Å². The van der Waals surface area contributed by atoms with Crippen LogP contribution in [0.2, 0.25) is 0 Å². The molecular weight excluding hydrogens is 312 g/mol. The highest BCUT2D eigenvalue weighted by atomic mass is 79.9. The highest BCUT2D eigenvalue weighted by molar-refractivity contribution is 9.10. The Morgan fingerprint density at radius 1 is 1.05 bits per heavy atom. The van der Waals surface area contributed by atoms with E-state index in [9.17, 15) is 0 Å². The zero-order valence-corrected chi connectivity index (χ0v) is 14.5. The van der Waals surface area contributed by atoms with Gasteiger partial charge in [-0.05, 0) is 50.5 Å². The van der Waals surface area contributed by atoms with Crippen molar-refractivity contribution in [3.8, 4) is 0 Å². The van der Waals surface area contributed by atoms with Gasteiger partial charge in [-0.15, -0.1) is 0 Å². The zero-order chi connectivity index (χ0) is 14.8. The van der Waals surface area contributed by atoms with Gasteiger partial charge in [0.1, 0.15) is 0 Å². The van der Waals surface area contributed by atoms with Gasteiger partial charge in [0.05, 0.1) is 0 Å². The predicted octanol–water partition coefficient (Wildman–Crippen LogP) is 4.74. The predicted molar refractivity (Wildman–Crippen MR) is 91.9 cm³/mol. The van der Waals surface area contributed by atoms with Crippen molar-refractivity contribution < 1.29 is 0 Å². The summed E-state index contributed by atoms with van der Waals surface area (Å²) >= 11 is 3.59. The molecule has 1 unspecified atom stereocenters. The first-order valence-electron chi connectivity index (χ1n) is 7.91. The van der Waals surface area contributed by atoms with Crippen LogP contribution in [0.1, 0.15) is 57.6 Å². The van der Waals surface area contributed by atoms with E-state index >= 15 is 0 Å². The molecule has 114 valence electrons. The average molecular weight is 341 g/mol. The maximum atomic E-state index is 6.34. The Morgan fingerprint density at radius 2 is 1.65 bits per heavy atom. The molecule has 1 atom stereocenters. The first-order chi connectivity index (χ1) is 9.69. The fourth-order valence-electron chi connectivity index (χ4n) is 2.35. The summed E-state index contributed by atoms with van der Waals surface area (Å²) in [5.41, 5.74) is 7.57. The lowest BCUT2D eigenvalue weighted by Crippen LogP contribution is -2.29. The zero-order valence-electron chi connectivity index (χ0n) is 12.9. The lowest BCUT2D eigenvalue weighted by Gasteiger charge is -2.24. The molecule has 0 saturated heterocycles. The van der Waals surface area contributed by atoms with Crippen molar-refractivity contribution >= 4 is 15.9 Å². The Bertz CT molecular complexity index is 360. The third kappa shape index (κ3) is 6.38. The summed E-state index contributed by atoms with van der Waals surface area (Å²) < 4.78 is 1.13. The van der Waals surface area contributed by atoms with Gasteiger partial charge in [0.2, 0.25) is 0 Å². The van der Waals surface area contributed by atoms with Gasteiger partial charge in [0.25, 0.3) is 0 Å². The number of halogens is 1. The van der Waals surface area contributed by atoms with E-state index in [4.69, 9.17) is 5.73 Å². The van der Waals surface area contributed by atoms with Gasteiger partial charge in [0, 0.05) is 10.5 Å². The maximum absolute atomic E-state index is 6.34. The molecular formula is C17H29BrN2. The lowest BCUT2D eigenvalue weighted by atomic mass is 10.0. The van der Waals surface area contributed by atoms with E-state index < -0.39 is 0 Å². The third-order valence-corrected chi connectivity index (χ3v) is 4.44. The first-order valence-corrected chi connectivity index (χ1v) is 8.70. The Hall–Kier alpha value is -0.380. The highest BCUT2D eigenvalue weighted by Crippen LogP contribution is 2.23. The molecule has 2 nitrogen and oxygen atoms in total. The van der Waals surface area contributed by atoms with Gasteiger partial charge in [-0.2, -0.15) is 0 Å². The fourth-order valence-corrected chi connectivity index (χ4v) is 2.93. The molecule has 0 radical (unpaired) electrons. The minimum absolute atomic E-state index is 0.122. The third-order valence-electron chi connectivity index (χ3n) is 3.72. The van der Waals surface area contributed by atoms with Crippen molar-refractivity contribution in [1.82, 2.24) is 4.90 Å². The molecule has 0 aliphatic heterocycles. The highest BCUT2D eigenvalue weighted by Gasteiger charge is 2.11. The van der Waals surface area contributed by atoms with Gasteiger partial charge in [-0.25, -0.2) is 0 Å². The molecule has 20 heavy (non-hydrogen) atoms. The standard InChI is InChI=1S/C17H29BrN2/c1-3-5-12-20(13-6-4-2)14-11-17(19)15-9-7-8-10-16(15)18/h7-10,17H,3-6,11-14,19H2,1-2H3. The van der Waals surface area contributed by atoms with E-state index in [2.05, 4.69) is 52.9 Å². The summed E-state index contributed by atoms with van der Waals surface area (Å²) in [5, 5.41) is 0. The monoisotopic (exact) mass is 340 g/mol. The van der Waals surface area contributed by atoms with Crippen LogP contribution in [0.5, 0.6) is 0 Å². The van der Waals surface area contributed by atoms with Crippen molar-refractivity contribution in [2.75, 3.05) is 19.6 Å². The van der Waals surface area contributed by atoms with Crippen LogP contribution in [0.15, 0.2) is 28.7 Å². The molecule has 0 aromatic heterocycles. The maximum Gasteiger partial charge on any atom is 0.0318 e. The molecule has 1 rings (SSSR count). The topological polar surface area (TPSA) is 29.3 Å². The molecule has 0 heterocycles. The molecule has 0 aliphatic carbocycles. The molecule has 0 amide bonds. The number of benzene rings is 1. The second-order valence-electron chi connectivity index (χ2n) is 5.47. The summed E-state index contributed by atoms with van der Waals surface area (Å²) in [4.78, 5) is 2.57. The van der Waals surface area contributed by atoms with E-state index in [-0.39, 0.29) is 6.04 Å². The van der Waals surface area contributed by atoms with Gasteiger partial charge < -0.3 is 10.6 Å². The van der Waals surface area contributed by atoms with Crippen LogP contribution in [-0.2, 0) is 0 Å². The van der Waals surface area contributed by atoms with E-state index in [1.807, 2.05) is 6.07 Å². The summed E-state index contributed by atoms with van der Waals surface area (Å²) in [6.45, 7) is 8.02.